The summed E-state index contributed by atoms with van der Waals surface area (Å²) < 4.78 is 49.6. The lowest BCUT2D eigenvalue weighted by Gasteiger charge is -2.37. The third-order valence-corrected chi connectivity index (χ3v) is 19.0. The van der Waals surface area contributed by atoms with Crippen molar-refractivity contribution in [1.82, 2.24) is 9.97 Å². The normalized spacial score (nSPS) is 19.3. The smallest absolute Gasteiger partial charge is 0.462 e. The zero-order chi connectivity index (χ0) is 45.7. The van der Waals surface area contributed by atoms with Gasteiger partial charge in [-0.05, 0) is 102 Å². The van der Waals surface area contributed by atoms with Crippen LogP contribution in [-0.2, 0) is 45.1 Å². The number of rotatable bonds is 19. The van der Waals surface area contributed by atoms with E-state index in [0.29, 0.717) is 58.6 Å². The summed E-state index contributed by atoms with van der Waals surface area (Å²) in [5.41, 5.74) is 4.21. The standard InChI is InChI=1S/C47H63ClN3O9PSSi/c1-29(2)25-56-61(54,57-26-30(3)4)60-37-15-11-32(12-16-37)19-43(52)59-41-22-36(20-34(41)27-58-63(9,10)47(6,7)8)51-46-40(24-49-28-50-46)44(53)42-23-38(31(5)62-42)45-39-21-35(48)14-13-33(39)17-18-55-45/h11-16,21,23-24,28-30,34,36,41,45H,17-20,22,25-27H2,1-10H3,(H,49,50,51)/t34-,36-,41+,45+/m1/s1. The van der Waals surface area contributed by atoms with Gasteiger partial charge in [-0.15, -0.1) is 11.3 Å². The van der Waals surface area contributed by atoms with Crippen LogP contribution in [0.15, 0.2) is 61.1 Å². The molecule has 1 N–H and O–H groups in total. The molecule has 0 saturated heterocycles. The number of aryl methyl sites for hydroxylation is 1. The van der Waals surface area contributed by atoms with Gasteiger partial charge in [0.25, 0.3) is 0 Å². The number of esters is 1. The molecule has 16 heteroatoms. The average molecular weight is 941 g/mol. The number of phosphoric acid groups is 1. The molecule has 1 saturated carbocycles. The fourth-order valence-corrected chi connectivity index (χ4v) is 11.0. The molecule has 2 aromatic carbocycles. The van der Waals surface area contributed by atoms with Crippen LogP contribution >= 0.6 is 30.8 Å². The monoisotopic (exact) mass is 939 g/mol. The molecule has 63 heavy (non-hydrogen) atoms. The quantitative estimate of drug-likeness (QED) is 0.0413. The Labute approximate surface area is 382 Å². The van der Waals surface area contributed by atoms with Gasteiger partial charge in [0.15, 0.2) is 8.32 Å². The van der Waals surface area contributed by atoms with Crippen molar-refractivity contribution in [3.05, 3.63) is 104 Å². The highest BCUT2D eigenvalue weighted by Crippen LogP contribution is 2.50. The Morgan fingerprint density at radius 2 is 1.70 bits per heavy atom. The lowest BCUT2D eigenvalue weighted by Crippen LogP contribution is -2.42. The van der Waals surface area contributed by atoms with Crippen molar-refractivity contribution in [1.29, 1.82) is 0 Å². The van der Waals surface area contributed by atoms with Crippen LogP contribution < -0.4 is 9.84 Å². The summed E-state index contributed by atoms with van der Waals surface area (Å²) in [5, 5.41) is 4.17. The van der Waals surface area contributed by atoms with E-state index in [1.807, 2.05) is 58.9 Å². The van der Waals surface area contributed by atoms with E-state index in [4.69, 9.17) is 39.1 Å². The first-order valence-corrected chi connectivity index (χ1v) is 27.4. The van der Waals surface area contributed by atoms with E-state index in [1.54, 1.807) is 30.5 Å². The summed E-state index contributed by atoms with van der Waals surface area (Å²) in [7, 11) is -6.00. The highest BCUT2D eigenvalue weighted by molar-refractivity contribution is 7.48. The second-order valence-corrected chi connectivity index (χ2v) is 27.1. The van der Waals surface area contributed by atoms with E-state index in [0.717, 1.165) is 22.4 Å². The number of ketones is 1. The second-order valence-electron chi connectivity index (χ2n) is 19.0. The lowest BCUT2D eigenvalue weighted by atomic mass is 9.93. The molecule has 0 bridgehead atoms. The number of benzene rings is 2. The number of halogens is 1. The predicted octanol–water partition coefficient (Wildman–Crippen LogP) is 11.6. The first-order valence-electron chi connectivity index (χ1n) is 21.8. The maximum atomic E-state index is 14.2. The number of hydrogen-bond donors (Lipinski definition) is 1. The number of phosphoric ester groups is 1. The molecule has 4 atom stereocenters. The molecular weight excluding hydrogens is 877 g/mol. The van der Waals surface area contributed by atoms with Crippen molar-refractivity contribution in [2.24, 2.45) is 17.8 Å². The van der Waals surface area contributed by atoms with Crippen LogP contribution in [0.1, 0.15) is 110 Å². The highest BCUT2D eigenvalue weighted by Gasteiger charge is 2.42. The Kier molecular flexibility index (Phi) is 16.2. The minimum absolute atomic E-state index is 0.00404. The highest BCUT2D eigenvalue weighted by atomic mass is 35.5. The summed E-state index contributed by atoms with van der Waals surface area (Å²) >= 11 is 7.82. The number of nitrogens with one attached hydrogen (secondary N) is 1. The summed E-state index contributed by atoms with van der Waals surface area (Å²) in [6.45, 7) is 22.3. The third kappa shape index (κ3) is 12.9. The van der Waals surface area contributed by atoms with Crippen LogP contribution in [0, 0.1) is 24.7 Å². The van der Waals surface area contributed by atoms with Crippen LogP contribution in [0.2, 0.25) is 23.2 Å². The molecule has 0 amide bonds. The fourth-order valence-electron chi connectivity index (χ4n) is 7.28. The van der Waals surface area contributed by atoms with Gasteiger partial charge in [0.1, 0.15) is 30.1 Å². The molecule has 0 spiro atoms. The average Bonchev–Trinajstić information content (AvgIpc) is 3.80. The molecule has 12 nitrogen and oxygen atoms in total. The summed E-state index contributed by atoms with van der Waals surface area (Å²) in [6.07, 6.45) is 4.17. The van der Waals surface area contributed by atoms with Gasteiger partial charge in [-0.3, -0.25) is 18.6 Å². The third-order valence-electron chi connectivity index (χ3n) is 11.8. The first kappa shape index (κ1) is 49.0. The molecule has 1 aliphatic heterocycles. The number of nitrogens with zero attached hydrogens (tertiary/aromatic N) is 2. The molecule has 0 unspecified atom stereocenters. The number of anilines is 1. The van der Waals surface area contributed by atoms with Crippen molar-refractivity contribution >= 4 is 56.6 Å². The van der Waals surface area contributed by atoms with Crippen LogP contribution in [0.4, 0.5) is 5.82 Å². The number of hydrogen-bond acceptors (Lipinski definition) is 13. The Balaban J connectivity index is 1.15. The van der Waals surface area contributed by atoms with Gasteiger partial charge in [-0.2, -0.15) is 0 Å². The van der Waals surface area contributed by atoms with Crippen LogP contribution in [0.5, 0.6) is 5.75 Å². The zero-order valence-corrected chi connectivity index (χ0v) is 41.7. The minimum atomic E-state index is -3.86. The maximum absolute atomic E-state index is 14.2. The van der Waals surface area contributed by atoms with E-state index in [2.05, 4.69) is 49.1 Å². The molecule has 4 aromatic rings. The topological polar surface area (TPSA) is 144 Å². The lowest BCUT2D eigenvalue weighted by molar-refractivity contribution is -0.150. The minimum Gasteiger partial charge on any atom is -0.462 e. The van der Waals surface area contributed by atoms with Crippen molar-refractivity contribution < 1.29 is 41.6 Å². The van der Waals surface area contributed by atoms with Crippen molar-refractivity contribution in [2.75, 3.05) is 31.7 Å². The Morgan fingerprint density at radius 1 is 1.00 bits per heavy atom. The number of aromatic nitrogens is 2. The Bertz CT molecular complexity index is 2250. The predicted molar refractivity (Wildman–Crippen MR) is 251 cm³/mol. The summed E-state index contributed by atoms with van der Waals surface area (Å²) in [4.78, 5) is 38.2. The van der Waals surface area contributed by atoms with E-state index in [1.165, 1.54) is 23.2 Å². The number of ether oxygens (including phenoxy) is 2. The fraction of sp³-hybridized carbons (Fsp3) is 0.532. The Hall–Kier alpha value is -3.46. The molecule has 0 radical (unpaired) electrons. The number of thiophene rings is 1. The van der Waals surface area contributed by atoms with Crippen molar-refractivity contribution in [3.8, 4) is 5.75 Å². The first-order chi connectivity index (χ1) is 29.7. The van der Waals surface area contributed by atoms with Gasteiger partial charge >= 0.3 is 13.8 Å². The van der Waals surface area contributed by atoms with E-state index < -0.39 is 22.2 Å². The van der Waals surface area contributed by atoms with Gasteiger partial charge in [-0.1, -0.05) is 78.3 Å². The van der Waals surface area contributed by atoms with Gasteiger partial charge in [0.05, 0.1) is 36.7 Å². The Morgan fingerprint density at radius 3 is 2.37 bits per heavy atom. The molecule has 342 valence electrons. The van der Waals surface area contributed by atoms with Crippen LogP contribution in [-0.4, -0.2) is 68.6 Å². The van der Waals surface area contributed by atoms with Gasteiger partial charge in [0.2, 0.25) is 5.78 Å². The molecule has 2 aliphatic rings. The van der Waals surface area contributed by atoms with E-state index >= 15 is 0 Å². The van der Waals surface area contributed by atoms with Crippen molar-refractivity contribution in [3.63, 3.8) is 0 Å². The SMILES string of the molecule is Cc1sc(C(=O)c2cncnc2N[C@@H]2C[C@H](CO[Si](C)(C)C(C)(C)C)[C@@H](OC(=O)Cc3ccc(OP(=O)(OCC(C)C)OCC(C)C)cc3)C2)cc1[C@@H]1OCCc2ccc(Cl)cc21. The number of fused-ring (bicyclic) bond motifs is 1. The summed E-state index contributed by atoms with van der Waals surface area (Å²) in [6, 6.07) is 14.4. The van der Waals surface area contributed by atoms with Crippen molar-refractivity contribution in [2.45, 2.75) is 117 Å². The maximum Gasteiger partial charge on any atom is 0.530 e. The second kappa shape index (κ2) is 20.8. The summed E-state index contributed by atoms with van der Waals surface area (Å²) in [5.74, 6) is 0.323. The van der Waals surface area contributed by atoms with E-state index in [9.17, 15) is 14.2 Å². The molecule has 1 fully saturated rings. The van der Waals surface area contributed by atoms with Crippen LogP contribution in [0.3, 0.4) is 0 Å². The van der Waals surface area contributed by atoms with Gasteiger partial charge in [0, 0.05) is 41.1 Å². The number of carbonyl (C=O) groups excluding carboxylic acids is 2. The largest absolute Gasteiger partial charge is 0.530 e. The molecule has 1 aliphatic carbocycles. The number of carbonyl (C=O) groups is 2. The van der Waals surface area contributed by atoms with Gasteiger partial charge in [-0.25, -0.2) is 14.5 Å². The molecular formula is C47H63ClN3O9PSSi. The zero-order valence-electron chi connectivity index (χ0n) is 38.2. The van der Waals surface area contributed by atoms with Gasteiger partial charge < -0.3 is 23.7 Å². The van der Waals surface area contributed by atoms with E-state index in [-0.39, 0.29) is 66.3 Å². The van der Waals surface area contributed by atoms with Crippen LogP contribution in [0.25, 0.3) is 0 Å². The molecule has 6 rings (SSSR count). The molecule has 2 aromatic heterocycles. The molecule has 3 heterocycles.